The molecule has 7 nitrogen and oxygen atoms in total. The molecule has 1 aliphatic heterocycles. The summed E-state index contributed by atoms with van der Waals surface area (Å²) in [6.07, 6.45) is 6.02. The van der Waals surface area contributed by atoms with Crippen molar-refractivity contribution in [1.82, 2.24) is 0 Å². The lowest BCUT2D eigenvalue weighted by Gasteiger charge is -2.40. The van der Waals surface area contributed by atoms with Gasteiger partial charge in [0.15, 0.2) is 5.79 Å². The molecule has 0 amide bonds. The van der Waals surface area contributed by atoms with Gasteiger partial charge in [-0.15, -0.1) is 0 Å². The summed E-state index contributed by atoms with van der Waals surface area (Å²) in [5.74, 6) is 0.516. The van der Waals surface area contributed by atoms with Gasteiger partial charge in [-0.3, -0.25) is 0 Å². The van der Waals surface area contributed by atoms with Crippen LogP contribution in [0.3, 0.4) is 0 Å². The van der Waals surface area contributed by atoms with E-state index in [1.807, 2.05) is 18.2 Å². The Morgan fingerprint density at radius 1 is 0.900 bits per heavy atom. The van der Waals surface area contributed by atoms with Crippen LogP contribution in [0, 0.1) is 0 Å². The molecule has 1 saturated heterocycles. The summed E-state index contributed by atoms with van der Waals surface area (Å²) in [7, 11) is -4.23. The van der Waals surface area contributed by atoms with E-state index in [2.05, 4.69) is 67.7 Å². The number of carbonyl (C=O) groups is 1. The first-order valence-corrected chi connectivity index (χ1v) is 20.5. The molecule has 9 heteroatoms. The Bertz CT molecular complexity index is 1050. The maximum atomic E-state index is 12.5. The lowest BCUT2D eigenvalue weighted by molar-refractivity contribution is -0.204. The minimum absolute atomic E-state index is 0.0248. The maximum absolute atomic E-state index is 12.5. The molecule has 0 bridgehead atoms. The molecule has 1 saturated carbocycles. The Labute approximate surface area is 243 Å². The van der Waals surface area contributed by atoms with Crippen molar-refractivity contribution in [3.63, 3.8) is 0 Å². The highest BCUT2D eigenvalue weighted by molar-refractivity contribution is 6.75. The van der Waals surface area contributed by atoms with Gasteiger partial charge >= 0.3 is 5.97 Å². The number of hydrogen-bond donors (Lipinski definition) is 1. The standard InChI is InChI=1S/C31H52O7Si2/c1-28(2,3)39(7,8)37-25-13-11-24(23-26(25)38-40(9,10)29(4,5)6)12-14-27(32)34-20-19-30(33)15-17-31(18-16-30)35-21-22-36-31/h11-14,23,33H,15-22H2,1-10H3/b14-12+. The molecule has 1 aromatic carbocycles. The fourth-order valence-corrected chi connectivity index (χ4v) is 6.37. The van der Waals surface area contributed by atoms with Gasteiger partial charge in [-0.05, 0) is 72.9 Å². The van der Waals surface area contributed by atoms with E-state index in [9.17, 15) is 9.90 Å². The van der Waals surface area contributed by atoms with E-state index in [0.717, 1.165) is 17.1 Å². The van der Waals surface area contributed by atoms with Crippen LogP contribution in [0.2, 0.25) is 36.3 Å². The summed E-state index contributed by atoms with van der Waals surface area (Å²) < 4.78 is 30.3. The van der Waals surface area contributed by atoms with Crippen molar-refractivity contribution in [2.24, 2.45) is 0 Å². The zero-order valence-electron chi connectivity index (χ0n) is 26.4. The quantitative estimate of drug-likeness (QED) is 0.181. The third-order valence-corrected chi connectivity index (χ3v) is 18.0. The molecule has 0 aromatic heterocycles. The van der Waals surface area contributed by atoms with Gasteiger partial charge < -0.3 is 28.2 Å². The zero-order chi connectivity index (χ0) is 30.0. The highest BCUT2D eigenvalue weighted by atomic mass is 28.4. The molecule has 1 N–H and O–H groups in total. The van der Waals surface area contributed by atoms with Crippen LogP contribution in [-0.2, 0) is 19.0 Å². The Kier molecular flexibility index (Phi) is 9.79. The van der Waals surface area contributed by atoms with Gasteiger partial charge in [0.2, 0.25) is 0 Å². The van der Waals surface area contributed by atoms with Crippen molar-refractivity contribution < 1.29 is 33.0 Å². The Morgan fingerprint density at radius 3 is 1.95 bits per heavy atom. The number of aliphatic hydroxyl groups is 1. The second-order valence-electron chi connectivity index (χ2n) is 14.5. The summed E-state index contributed by atoms with van der Waals surface area (Å²) in [5.41, 5.74) is -0.0263. The molecule has 1 heterocycles. The number of carbonyl (C=O) groups excluding carboxylic acids is 1. The van der Waals surface area contributed by atoms with Gasteiger partial charge in [0.05, 0.1) is 25.4 Å². The van der Waals surface area contributed by atoms with Crippen LogP contribution in [0.15, 0.2) is 24.3 Å². The smallest absolute Gasteiger partial charge is 0.330 e. The van der Waals surface area contributed by atoms with E-state index in [-0.39, 0.29) is 16.7 Å². The van der Waals surface area contributed by atoms with E-state index in [0.29, 0.717) is 45.3 Å². The summed E-state index contributed by atoms with van der Waals surface area (Å²) >= 11 is 0. The van der Waals surface area contributed by atoms with Crippen LogP contribution < -0.4 is 8.85 Å². The van der Waals surface area contributed by atoms with Gasteiger partial charge in [0, 0.05) is 25.3 Å². The van der Waals surface area contributed by atoms with Gasteiger partial charge in [0.1, 0.15) is 11.5 Å². The topological polar surface area (TPSA) is 83.5 Å². The van der Waals surface area contributed by atoms with Crippen molar-refractivity contribution in [1.29, 1.82) is 0 Å². The third kappa shape index (κ3) is 8.21. The molecular weight excluding hydrogens is 541 g/mol. The van der Waals surface area contributed by atoms with E-state index in [1.54, 1.807) is 6.08 Å². The highest BCUT2D eigenvalue weighted by Gasteiger charge is 2.45. The van der Waals surface area contributed by atoms with Crippen molar-refractivity contribution in [2.75, 3.05) is 19.8 Å². The molecule has 3 rings (SSSR count). The lowest BCUT2D eigenvalue weighted by atomic mass is 9.79. The van der Waals surface area contributed by atoms with Crippen LogP contribution in [0.5, 0.6) is 11.5 Å². The highest BCUT2D eigenvalue weighted by Crippen LogP contribution is 2.44. The van der Waals surface area contributed by atoms with Gasteiger partial charge in [-0.2, -0.15) is 0 Å². The predicted molar refractivity (Wildman–Crippen MR) is 165 cm³/mol. The molecule has 2 aliphatic rings. The van der Waals surface area contributed by atoms with Gasteiger partial charge in [-0.25, -0.2) is 4.79 Å². The second kappa shape index (κ2) is 11.9. The summed E-state index contributed by atoms with van der Waals surface area (Å²) in [4.78, 5) is 12.5. The first-order valence-electron chi connectivity index (χ1n) is 14.6. The van der Waals surface area contributed by atoms with Crippen molar-refractivity contribution in [2.45, 2.75) is 121 Å². The molecular formula is C31H52O7Si2. The normalized spacial score (nSPS) is 19.7. The van der Waals surface area contributed by atoms with E-state index < -0.39 is 34.0 Å². The predicted octanol–water partition coefficient (Wildman–Crippen LogP) is 7.45. The summed E-state index contributed by atoms with van der Waals surface area (Å²) in [5, 5.41) is 11.0. The van der Waals surface area contributed by atoms with Crippen molar-refractivity contribution >= 4 is 28.7 Å². The first-order chi connectivity index (χ1) is 18.3. The number of ether oxygens (including phenoxy) is 3. The molecule has 0 radical (unpaired) electrons. The van der Waals surface area contributed by atoms with E-state index in [1.165, 1.54) is 6.08 Å². The average molecular weight is 593 g/mol. The number of esters is 1. The number of hydrogen-bond acceptors (Lipinski definition) is 7. The van der Waals surface area contributed by atoms with Gasteiger partial charge in [-0.1, -0.05) is 47.6 Å². The van der Waals surface area contributed by atoms with Crippen LogP contribution >= 0.6 is 0 Å². The van der Waals surface area contributed by atoms with E-state index >= 15 is 0 Å². The SMILES string of the molecule is CC(C)(C)[Si](C)(C)Oc1ccc(/C=C/C(=O)OCCC2(O)CCC3(CC2)OCCO3)cc1O[Si](C)(C)C(C)(C)C. The fraction of sp³-hybridized carbons (Fsp3) is 0.710. The first kappa shape index (κ1) is 32.9. The maximum Gasteiger partial charge on any atom is 0.330 e. The van der Waals surface area contributed by atoms with Crippen LogP contribution in [0.25, 0.3) is 6.08 Å². The summed E-state index contributed by atoms with van der Waals surface area (Å²) in [6, 6.07) is 5.86. The minimum atomic E-state index is -2.14. The molecule has 40 heavy (non-hydrogen) atoms. The molecule has 0 atom stereocenters. The minimum Gasteiger partial charge on any atom is -0.541 e. The third-order valence-electron chi connectivity index (χ3n) is 9.29. The Morgan fingerprint density at radius 2 is 1.43 bits per heavy atom. The fourth-order valence-electron chi connectivity index (χ4n) is 4.33. The second-order valence-corrected chi connectivity index (χ2v) is 24.0. The Balaban J connectivity index is 1.65. The average Bonchev–Trinajstić information content (AvgIpc) is 3.28. The lowest BCUT2D eigenvalue weighted by Crippen LogP contribution is -2.45. The van der Waals surface area contributed by atoms with Crippen LogP contribution in [-0.4, -0.2) is 58.9 Å². The molecule has 2 fully saturated rings. The van der Waals surface area contributed by atoms with Crippen molar-refractivity contribution in [3.8, 4) is 11.5 Å². The molecule has 1 spiro atoms. The molecule has 0 unspecified atom stereocenters. The van der Waals surface area contributed by atoms with Crippen molar-refractivity contribution in [3.05, 3.63) is 29.8 Å². The van der Waals surface area contributed by atoms with Crippen LogP contribution in [0.1, 0.15) is 79.2 Å². The number of benzene rings is 1. The monoisotopic (exact) mass is 592 g/mol. The van der Waals surface area contributed by atoms with Gasteiger partial charge in [0.25, 0.3) is 16.6 Å². The molecule has 1 aliphatic carbocycles. The largest absolute Gasteiger partial charge is 0.541 e. The number of rotatable bonds is 9. The zero-order valence-corrected chi connectivity index (χ0v) is 28.4. The van der Waals surface area contributed by atoms with E-state index in [4.69, 9.17) is 23.1 Å². The Hall–Kier alpha value is -1.66. The summed E-state index contributed by atoms with van der Waals surface area (Å²) in [6.45, 7) is 23.6. The van der Waals surface area contributed by atoms with Crippen LogP contribution in [0.4, 0.5) is 0 Å². The molecule has 226 valence electrons. The molecule has 1 aromatic rings.